The minimum absolute atomic E-state index is 0.143. The lowest BCUT2D eigenvalue weighted by Crippen LogP contribution is -2.01. The summed E-state index contributed by atoms with van der Waals surface area (Å²) in [5.74, 6) is 0.199. The summed E-state index contributed by atoms with van der Waals surface area (Å²) in [6.07, 6.45) is 1.69. The number of hydrogen-bond donors (Lipinski definition) is 0. The largest absolute Gasteiger partial charge is 0.453 e. The molecule has 0 spiro atoms. The third kappa shape index (κ3) is 1.91. The normalized spacial score (nSPS) is 11.0. The molecule has 0 radical (unpaired) electrons. The first kappa shape index (κ1) is 11.9. The van der Waals surface area contributed by atoms with Crippen LogP contribution >= 0.6 is 0 Å². The van der Waals surface area contributed by atoms with Gasteiger partial charge in [-0.15, -0.1) is 0 Å². The Bertz CT molecular complexity index is 931. The van der Waals surface area contributed by atoms with Crippen LogP contribution in [0, 0.1) is 0 Å². The molecule has 0 amide bonds. The summed E-state index contributed by atoms with van der Waals surface area (Å²) in [6.45, 7) is 0. The van der Waals surface area contributed by atoms with E-state index in [-0.39, 0.29) is 5.78 Å². The Hall–Kier alpha value is -2.94. The molecule has 0 saturated heterocycles. The zero-order chi connectivity index (χ0) is 14.2. The van der Waals surface area contributed by atoms with Gasteiger partial charge in [0.2, 0.25) is 5.78 Å². The molecule has 0 unspecified atom stereocenters. The highest BCUT2D eigenvalue weighted by Crippen LogP contribution is 2.24. The molecule has 3 heteroatoms. The van der Waals surface area contributed by atoms with Gasteiger partial charge in [0.25, 0.3) is 0 Å². The number of hydrogen-bond acceptors (Lipinski definition) is 3. The summed E-state index contributed by atoms with van der Waals surface area (Å²) >= 11 is 0. The lowest BCUT2D eigenvalue weighted by atomic mass is 10.0. The molecule has 21 heavy (non-hydrogen) atoms. The summed E-state index contributed by atoms with van der Waals surface area (Å²) in [5, 5.41) is 1.87. The molecule has 0 fully saturated rings. The molecule has 4 rings (SSSR count). The molecule has 0 atom stereocenters. The van der Waals surface area contributed by atoms with Crippen LogP contribution in [0.3, 0.4) is 0 Å². The molecular formula is C18H11NO2. The molecule has 4 aromatic rings. The molecule has 0 N–H and O–H groups in total. The van der Waals surface area contributed by atoms with Gasteiger partial charge >= 0.3 is 0 Å². The monoisotopic (exact) mass is 273 g/mol. The number of para-hydroxylation sites is 2. The topological polar surface area (TPSA) is 43.1 Å². The first-order chi connectivity index (χ1) is 10.3. The molecule has 2 aromatic heterocycles. The van der Waals surface area contributed by atoms with Crippen molar-refractivity contribution >= 4 is 27.7 Å². The lowest BCUT2D eigenvalue weighted by Gasteiger charge is -2.02. The smallest absolute Gasteiger partial charge is 0.230 e. The van der Waals surface area contributed by atoms with Crippen molar-refractivity contribution in [1.82, 2.24) is 4.98 Å². The van der Waals surface area contributed by atoms with E-state index in [1.807, 2.05) is 48.5 Å². The average molecular weight is 273 g/mol. The number of aromatic nitrogens is 1. The second-order valence-electron chi connectivity index (χ2n) is 4.86. The third-order valence-electron chi connectivity index (χ3n) is 3.53. The van der Waals surface area contributed by atoms with Crippen LogP contribution in [0.5, 0.6) is 0 Å². The maximum absolute atomic E-state index is 12.7. The van der Waals surface area contributed by atoms with Crippen LogP contribution in [0.15, 0.2) is 71.3 Å². The quantitative estimate of drug-likeness (QED) is 0.514. The Morgan fingerprint density at radius 1 is 0.905 bits per heavy atom. The molecule has 100 valence electrons. The van der Waals surface area contributed by atoms with Gasteiger partial charge in [0.05, 0.1) is 11.1 Å². The standard InChI is InChI=1S/C18H11NO2/c20-18(16-11-13-5-1-2-9-15(13)21-16)14-8-3-6-12-7-4-10-19-17(12)14/h1-11H. The van der Waals surface area contributed by atoms with Gasteiger partial charge in [-0.25, -0.2) is 0 Å². The van der Waals surface area contributed by atoms with E-state index in [0.717, 1.165) is 10.8 Å². The van der Waals surface area contributed by atoms with Crippen molar-refractivity contribution in [2.45, 2.75) is 0 Å². The summed E-state index contributed by atoms with van der Waals surface area (Å²) in [5.41, 5.74) is 1.98. The van der Waals surface area contributed by atoms with Crippen LogP contribution in [-0.4, -0.2) is 10.8 Å². The number of furan rings is 1. The van der Waals surface area contributed by atoms with Crippen molar-refractivity contribution in [3.05, 3.63) is 78.2 Å². The maximum Gasteiger partial charge on any atom is 0.230 e. The Morgan fingerprint density at radius 3 is 2.62 bits per heavy atom. The van der Waals surface area contributed by atoms with E-state index in [1.165, 1.54) is 0 Å². The number of benzene rings is 2. The van der Waals surface area contributed by atoms with Gasteiger partial charge in [0.1, 0.15) is 5.58 Å². The lowest BCUT2D eigenvalue weighted by molar-refractivity contribution is 0.101. The van der Waals surface area contributed by atoms with Crippen LogP contribution in [0.4, 0.5) is 0 Å². The zero-order valence-corrected chi connectivity index (χ0v) is 11.1. The van der Waals surface area contributed by atoms with Crippen molar-refractivity contribution in [2.24, 2.45) is 0 Å². The predicted octanol–water partition coefficient (Wildman–Crippen LogP) is 4.21. The molecule has 0 aliphatic carbocycles. The van der Waals surface area contributed by atoms with E-state index in [0.29, 0.717) is 22.4 Å². The van der Waals surface area contributed by atoms with Crippen LogP contribution in [-0.2, 0) is 0 Å². The molecule has 0 bridgehead atoms. The Kier molecular flexibility index (Phi) is 2.57. The summed E-state index contributed by atoms with van der Waals surface area (Å²) < 4.78 is 5.66. The second kappa shape index (κ2) is 4.56. The van der Waals surface area contributed by atoms with Gasteiger partial charge in [-0.3, -0.25) is 9.78 Å². The van der Waals surface area contributed by atoms with Gasteiger partial charge in [-0.05, 0) is 24.3 Å². The summed E-state index contributed by atoms with van der Waals surface area (Å²) in [7, 11) is 0. The molecule has 0 aliphatic rings. The molecular weight excluding hydrogens is 262 g/mol. The van der Waals surface area contributed by atoms with E-state index in [1.54, 1.807) is 18.3 Å². The average Bonchev–Trinajstić information content (AvgIpc) is 2.97. The third-order valence-corrected chi connectivity index (χ3v) is 3.53. The van der Waals surface area contributed by atoms with Gasteiger partial charge in [0.15, 0.2) is 5.76 Å². The fourth-order valence-corrected chi connectivity index (χ4v) is 2.51. The van der Waals surface area contributed by atoms with Gasteiger partial charge < -0.3 is 4.42 Å². The molecule has 3 nitrogen and oxygen atoms in total. The first-order valence-electron chi connectivity index (χ1n) is 6.70. The Balaban J connectivity index is 1.90. The minimum atomic E-state index is -0.143. The van der Waals surface area contributed by atoms with Crippen LogP contribution in [0.1, 0.15) is 16.1 Å². The molecule has 0 saturated carbocycles. The van der Waals surface area contributed by atoms with Crippen LogP contribution in [0.2, 0.25) is 0 Å². The number of carbonyl (C=O) groups excluding carboxylic acids is 1. The van der Waals surface area contributed by atoms with Gasteiger partial charge in [0, 0.05) is 17.0 Å². The Morgan fingerprint density at radius 2 is 1.71 bits per heavy atom. The van der Waals surface area contributed by atoms with E-state index < -0.39 is 0 Å². The molecule has 2 heterocycles. The van der Waals surface area contributed by atoms with Gasteiger partial charge in [-0.2, -0.15) is 0 Å². The second-order valence-corrected chi connectivity index (χ2v) is 4.86. The highest BCUT2D eigenvalue weighted by Gasteiger charge is 2.17. The van der Waals surface area contributed by atoms with Gasteiger partial charge in [-0.1, -0.05) is 36.4 Å². The first-order valence-corrected chi connectivity index (χ1v) is 6.70. The van der Waals surface area contributed by atoms with Crippen molar-refractivity contribution in [3.8, 4) is 0 Å². The fourth-order valence-electron chi connectivity index (χ4n) is 2.51. The molecule has 0 aliphatic heterocycles. The minimum Gasteiger partial charge on any atom is -0.453 e. The number of pyridine rings is 1. The highest BCUT2D eigenvalue weighted by atomic mass is 16.3. The van der Waals surface area contributed by atoms with Crippen LogP contribution in [0.25, 0.3) is 21.9 Å². The van der Waals surface area contributed by atoms with E-state index >= 15 is 0 Å². The van der Waals surface area contributed by atoms with Crippen LogP contribution < -0.4 is 0 Å². The predicted molar refractivity (Wildman–Crippen MR) is 81.4 cm³/mol. The molecule has 2 aromatic carbocycles. The van der Waals surface area contributed by atoms with Crippen molar-refractivity contribution < 1.29 is 9.21 Å². The summed E-state index contributed by atoms with van der Waals surface area (Å²) in [4.78, 5) is 17.0. The van der Waals surface area contributed by atoms with Crippen molar-refractivity contribution in [3.63, 3.8) is 0 Å². The summed E-state index contributed by atoms with van der Waals surface area (Å²) in [6, 6.07) is 18.8. The van der Waals surface area contributed by atoms with Crippen molar-refractivity contribution in [1.29, 1.82) is 0 Å². The number of nitrogens with zero attached hydrogens (tertiary/aromatic N) is 1. The highest BCUT2D eigenvalue weighted by molar-refractivity contribution is 6.15. The number of carbonyl (C=O) groups is 1. The Labute approximate surface area is 120 Å². The van der Waals surface area contributed by atoms with E-state index in [4.69, 9.17) is 4.42 Å². The van der Waals surface area contributed by atoms with E-state index in [2.05, 4.69) is 4.98 Å². The zero-order valence-electron chi connectivity index (χ0n) is 11.1. The number of rotatable bonds is 2. The maximum atomic E-state index is 12.7. The van der Waals surface area contributed by atoms with E-state index in [9.17, 15) is 4.79 Å². The number of ketones is 1. The van der Waals surface area contributed by atoms with Crippen molar-refractivity contribution in [2.75, 3.05) is 0 Å². The SMILES string of the molecule is O=C(c1cc2ccccc2o1)c1cccc2cccnc12. The number of fused-ring (bicyclic) bond motifs is 2. The fraction of sp³-hybridized carbons (Fsp3) is 0.